The third-order valence-electron chi connectivity index (χ3n) is 2.06. The van der Waals surface area contributed by atoms with Crippen molar-refractivity contribution in [2.24, 2.45) is 0 Å². The Labute approximate surface area is 84.0 Å². The standard InChI is InChI=1S/C11H12ClN/c1-9-4-5-10(8-13)7-11(9)3-2-6-12/h4-5,7H,2-3,6H2,1H3. The summed E-state index contributed by atoms with van der Waals surface area (Å²) in [6, 6.07) is 7.92. The van der Waals surface area contributed by atoms with Crippen LogP contribution in [0.25, 0.3) is 0 Å². The van der Waals surface area contributed by atoms with Crippen LogP contribution in [-0.4, -0.2) is 5.88 Å². The highest BCUT2D eigenvalue weighted by molar-refractivity contribution is 6.17. The van der Waals surface area contributed by atoms with Crippen LogP contribution in [0, 0.1) is 18.3 Å². The van der Waals surface area contributed by atoms with Gasteiger partial charge in [-0.15, -0.1) is 11.6 Å². The van der Waals surface area contributed by atoms with Crippen LogP contribution < -0.4 is 0 Å². The Morgan fingerprint density at radius 3 is 2.85 bits per heavy atom. The van der Waals surface area contributed by atoms with Crippen LogP contribution in [-0.2, 0) is 6.42 Å². The average Bonchev–Trinajstić information content (AvgIpc) is 2.17. The van der Waals surface area contributed by atoms with Gasteiger partial charge in [0, 0.05) is 5.88 Å². The second-order valence-corrected chi connectivity index (χ2v) is 3.42. The third-order valence-corrected chi connectivity index (χ3v) is 2.33. The molecule has 0 amide bonds. The molecular weight excluding hydrogens is 182 g/mol. The van der Waals surface area contributed by atoms with Gasteiger partial charge in [0.05, 0.1) is 11.6 Å². The molecule has 1 aromatic rings. The van der Waals surface area contributed by atoms with Gasteiger partial charge in [-0.3, -0.25) is 0 Å². The van der Waals surface area contributed by atoms with Crippen molar-refractivity contribution in [1.29, 1.82) is 5.26 Å². The van der Waals surface area contributed by atoms with E-state index in [9.17, 15) is 0 Å². The lowest BCUT2D eigenvalue weighted by molar-refractivity contribution is 0.919. The molecule has 0 saturated heterocycles. The van der Waals surface area contributed by atoms with Crippen LogP contribution in [0.3, 0.4) is 0 Å². The Hall–Kier alpha value is -1.00. The van der Waals surface area contributed by atoms with Crippen molar-refractivity contribution in [1.82, 2.24) is 0 Å². The van der Waals surface area contributed by atoms with Gasteiger partial charge >= 0.3 is 0 Å². The molecule has 0 bridgehead atoms. The molecule has 0 atom stereocenters. The van der Waals surface area contributed by atoms with Gasteiger partial charge in [-0.05, 0) is 43.0 Å². The molecule has 0 spiro atoms. The summed E-state index contributed by atoms with van der Waals surface area (Å²) in [6.07, 6.45) is 1.93. The van der Waals surface area contributed by atoms with Crippen LogP contribution in [0.1, 0.15) is 23.1 Å². The van der Waals surface area contributed by atoms with Gasteiger partial charge in [-0.25, -0.2) is 0 Å². The normalized spacial score (nSPS) is 9.62. The second kappa shape index (κ2) is 4.89. The summed E-state index contributed by atoms with van der Waals surface area (Å²) < 4.78 is 0. The topological polar surface area (TPSA) is 23.8 Å². The van der Waals surface area contributed by atoms with E-state index in [0.29, 0.717) is 5.88 Å². The van der Waals surface area contributed by atoms with Crippen molar-refractivity contribution in [2.75, 3.05) is 5.88 Å². The maximum atomic E-state index is 8.70. The Morgan fingerprint density at radius 2 is 2.23 bits per heavy atom. The summed E-state index contributed by atoms with van der Waals surface area (Å²) >= 11 is 5.61. The molecule has 2 heteroatoms. The molecule has 0 aliphatic carbocycles. The zero-order valence-electron chi connectivity index (χ0n) is 7.68. The van der Waals surface area contributed by atoms with Crippen LogP contribution in [0.4, 0.5) is 0 Å². The summed E-state index contributed by atoms with van der Waals surface area (Å²) in [5, 5.41) is 8.70. The summed E-state index contributed by atoms with van der Waals surface area (Å²) in [4.78, 5) is 0. The van der Waals surface area contributed by atoms with Gasteiger partial charge in [0.1, 0.15) is 0 Å². The maximum Gasteiger partial charge on any atom is 0.0991 e. The van der Waals surface area contributed by atoms with Gasteiger partial charge in [0.15, 0.2) is 0 Å². The van der Waals surface area contributed by atoms with Crippen molar-refractivity contribution in [3.63, 3.8) is 0 Å². The molecule has 0 aliphatic heterocycles. The highest BCUT2D eigenvalue weighted by Crippen LogP contribution is 2.12. The maximum absolute atomic E-state index is 8.70. The Morgan fingerprint density at radius 1 is 1.46 bits per heavy atom. The van der Waals surface area contributed by atoms with E-state index in [2.05, 4.69) is 13.0 Å². The van der Waals surface area contributed by atoms with Gasteiger partial charge in [-0.1, -0.05) is 6.07 Å². The lowest BCUT2D eigenvalue weighted by Crippen LogP contribution is -1.91. The number of benzene rings is 1. The summed E-state index contributed by atoms with van der Waals surface area (Å²) in [5.74, 6) is 0.677. The molecule has 0 aromatic heterocycles. The first-order valence-corrected chi connectivity index (χ1v) is 4.87. The first kappa shape index (κ1) is 10.1. The smallest absolute Gasteiger partial charge is 0.0991 e. The summed E-state index contributed by atoms with van der Waals surface area (Å²) in [6.45, 7) is 2.06. The molecule has 0 heterocycles. The van der Waals surface area contributed by atoms with Crippen molar-refractivity contribution < 1.29 is 0 Å². The van der Waals surface area contributed by atoms with Gasteiger partial charge in [0.2, 0.25) is 0 Å². The molecule has 0 radical (unpaired) electrons. The van der Waals surface area contributed by atoms with Crippen molar-refractivity contribution in [3.05, 3.63) is 34.9 Å². The Balaban J connectivity index is 2.85. The molecule has 0 aliphatic rings. The third kappa shape index (κ3) is 2.75. The molecule has 68 valence electrons. The fourth-order valence-corrected chi connectivity index (χ4v) is 1.40. The van der Waals surface area contributed by atoms with E-state index in [1.165, 1.54) is 11.1 Å². The van der Waals surface area contributed by atoms with Crippen LogP contribution >= 0.6 is 11.6 Å². The van der Waals surface area contributed by atoms with Crippen LogP contribution in [0.2, 0.25) is 0 Å². The van der Waals surface area contributed by atoms with Crippen LogP contribution in [0.15, 0.2) is 18.2 Å². The monoisotopic (exact) mass is 193 g/mol. The predicted octanol–water partition coefficient (Wildman–Crippen LogP) is 3.04. The minimum Gasteiger partial charge on any atom is -0.192 e. The molecule has 0 fully saturated rings. The van der Waals surface area contributed by atoms with E-state index in [4.69, 9.17) is 16.9 Å². The van der Waals surface area contributed by atoms with Crippen molar-refractivity contribution in [3.8, 4) is 6.07 Å². The molecule has 0 N–H and O–H groups in total. The SMILES string of the molecule is Cc1ccc(C#N)cc1CCCCl. The van der Waals surface area contributed by atoms with E-state index in [-0.39, 0.29) is 0 Å². The fraction of sp³-hybridized carbons (Fsp3) is 0.364. The number of rotatable bonds is 3. The molecule has 0 unspecified atom stereocenters. The van der Waals surface area contributed by atoms with E-state index in [1.807, 2.05) is 18.2 Å². The lowest BCUT2D eigenvalue weighted by Gasteiger charge is -2.04. The fourth-order valence-electron chi connectivity index (χ4n) is 1.27. The lowest BCUT2D eigenvalue weighted by atomic mass is 10.0. The largest absolute Gasteiger partial charge is 0.192 e. The van der Waals surface area contributed by atoms with Gasteiger partial charge in [-0.2, -0.15) is 5.26 Å². The predicted molar refractivity (Wildman–Crippen MR) is 54.9 cm³/mol. The number of hydrogen-bond acceptors (Lipinski definition) is 1. The average molecular weight is 194 g/mol. The minimum atomic E-state index is 0.677. The van der Waals surface area contributed by atoms with E-state index < -0.39 is 0 Å². The second-order valence-electron chi connectivity index (χ2n) is 3.05. The Bertz CT molecular complexity index is 325. The van der Waals surface area contributed by atoms with Gasteiger partial charge in [0.25, 0.3) is 0 Å². The van der Waals surface area contributed by atoms with E-state index >= 15 is 0 Å². The zero-order chi connectivity index (χ0) is 9.68. The molecular formula is C11H12ClN. The molecule has 1 rings (SSSR count). The summed E-state index contributed by atoms with van der Waals surface area (Å²) in [5.41, 5.74) is 3.21. The van der Waals surface area contributed by atoms with E-state index in [0.717, 1.165) is 18.4 Å². The molecule has 0 saturated carbocycles. The zero-order valence-corrected chi connectivity index (χ0v) is 8.43. The number of alkyl halides is 1. The Kier molecular flexibility index (Phi) is 3.79. The quantitative estimate of drug-likeness (QED) is 0.677. The number of aryl methyl sites for hydroxylation is 2. The van der Waals surface area contributed by atoms with Crippen LogP contribution in [0.5, 0.6) is 0 Å². The first-order chi connectivity index (χ1) is 6.27. The summed E-state index contributed by atoms with van der Waals surface area (Å²) in [7, 11) is 0. The molecule has 1 aromatic carbocycles. The molecule has 1 nitrogen and oxygen atoms in total. The van der Waals surface area contributed by atoms with E-state index in [1.54, 1.807) is 0 Å². The first-order valence-electron chi connectivity index (χ1n) is 4.33. The minimum absolute atomic E-state index is 0.677. The number of halogens is 1. The van der Waals surface area contributed by atoms with Crippen molar-refractivity contribution >= 4 is 11.6 Å². The number of nitrogens with zero attached hydrogens (tertiary/aromatic N) is 1. The van der Waals surface area contributed by atoms with Crippen molar-refractivity contribution in [2.45, 2.75) is 19.8 Å². The molecule has 13 heavy (non-hydrogen) atoms. The number of hydrogen-bond donors (Lipinski definition) is 0. The highest BCUT2D eigenvalue weighted by atomic mass is 35.5. The van der Waals surface area contributed by atoms with Gasteiger partial charge < -0.3 is 0 Å². The number of nitriles is 1. The highest BCUT2D eigenvalue weighted by Gasteiger charge is 1.99.